The van der Waals surface area contributed by atoms with E-state index < -0.39 is 6.09 Å². The Morgan fingerprint density at radius 3 is 2.78 bits per heavy atom. The van der Waals surface area contributed by atoms with Crippen LogP contribution in [0.1, 0.15) is 18.4 Å². The Morgan fingerprint density at radius 2 is 2.22 bits per heavy atom. The molecule has 1 saturated heterocycles. The molecule has 0 atom stereocenters. The van der Waals surface area contributed by atoms with Crippen molar-refractivity contribution in [2.75, 3.05) is 13.1 Å². The third-order valence-corrected chi connectivity index (χ3v) is 3.33. The number of likely N-dealkylation sites (tertiary alicyclic amines) is 1. The molecule has 1 aromatic heterocycles. The minimum Gasteiger partial charge on any atom is -0.465 e. The number of piperidine rings is 1. The molecule has 6 heteroatoms. The number of hydrogen-bond acceptors (Lipinski definition) is 3. The van der Waals surface area contributed by atoms with Crippen LogP contribution in [-0.4, -0.2) is 40.2 Å². The van der Waals surface area contributed by atoms with Crippen LogP contribution < -0.4 is 5.32 Å². The lowest BCUT2D eigenvalue weighted by atomic mass is 10.0. The second-order valence-corrected chi connectivity index (χ2v) is 4.88. The van der Waals surface area contributed by atoms with Crippen LogP contribution in [0.2, 0.25) is 5.15 Å². The van der Waals surface area contributed by atoms with Crippen molar-refractivity contribution in [3.05, 3.63) is 29.0 Å². The molecule has 0 radical (unpaired) electrons. The average molecular weight is 270 g/mol. The summed E-state index contributed by atoms with van der Waals surface area (Å²) in [6.45, 7) is 2.63. The number of carbonyl (C=O) groups is 1. The summed E-state index contributed by atoms with van der Waals surface area (Å²) in [5, 5.41) is 11.7. The lowest BCUT2D eigenvalue weighted by Gasteiger charge is -2.31. The van der Waals surface area contributed by atoms with Gasteiger partial charge in [0.25, 0.3) is 0 Å². The molecule has 1 fully saturated rings. The van der Waals surface area contributed by atoms with Crippen LogP contribution in [0.3, 0.4) is 0 Å². The zero-order valence-corrected chi connectivity index (χ0v) is 10.7. The Kier molecular flexibility index (Phi) is 4.38. The van der Waals surface area contributed by atoms with Gasteiger partial charge in [0, 0.05) is 31.9 Å². The van der Waals surface area contributed by atoms with Gasteiger partial charge >= 0.3 is 6.09 Å². The summed E-state index contributed by atoms with van der Waals surface area (Å²) in [5.41, 5.74) is 1.13. The van der Waals surface area contributed by atoms with E-state index in [4.69, 9.17) is 16.7 Å². The van der Waals surface area contributed by atoms with Gasteiger partial charge in [-0.15, -0.1) is 0 Å². The lowest BCUT2D eigenvalue weighted by Crippen LogP contribution is -2.43. The van der Waals surface area contributed by atoms with Crippen molar-refractivity contribution >= 4 is 17.7 Å². The first-order valence-corrected chi connectivity index (χ1v) is 6.33. The molecule has 0 aliphatic carbocycles. The first-order valence-electron chi connectivity index (χ1n) is 5.96. The Bertz CT molecular complexity index is 402. The van der Waals surface area contributed by atoms with Crippen molar-refractivity contribution in [3.8, 4) is 0 Å². The van der Waals surface area contributed by atoms with Gasteiger partial charge in [-0.2, -0.15) is 0 Å². The zero-order chi connectivity index (χ0) is 13.0. The van der Waals surface area contributed by atoms with Gasteiger partial charge in [0.2, 0.25) is 0 Å². The SMILES string of the molecule is O=C(O)NC1CCN(Cc2ccc(Cl)nc2)CC1. The number of aromatic nitrogens is 1. The van der Waals surface area contributed by atoms with E-state index in [1.54, 1.807) is 12.3 Å². The molecule has 0 spiro atoms. The Balaban J connectivity index is 1.79. The normalized spacial score (nSPS) is 17.6. The fraction of sp³-hybridized carbons (Fsp3) is 0.500. The second kappa shape index (κ2) is 6.02. The fourth-order valence-corrected chi connectivity index (χ4v) is 2.28. The standard InChI is InChI=1S/C12H16ClN3O2/c13-11-2-1-9(7-14-11)8-16-5-3-10(4-6-16)15-12(17)18/h1-2,7,10,15H,3-6,8H2,(H,17,18). The molecular weight excluding hydrogens is 254 g/mol. The molecule has 1 amide bonds. The fourth-order valence-electron chi connectivity index (χ4n) is 2.17. The molecular formula is C12H16ClN3O2. The van der Waals surface area contributed by atoms with Gasteiger partial charge in [-0.25, -0.2) is 9.78 Å². The van der Waals surface area contributed by atoms with E-state index in [9.17, 15) is 4.79 Å². The summed E-state index contributed by atoms with van der Waals surface area (Å²) in [4.78, 5) is 16.9. The van der Waals surface area contributed by atoms with Crippen LogP contribution in [0, 0.1) is 0 Å². The van der Waals surface area contributed by atoms with Crippen molar-refractivity contribution in [1.82, 2.24) is 15.2 Å². The van der Waals surface area contributed by atoms with E-state index in [2.05, 4.69) is 15.2 Å². The molecule has 1 aromatic rings. The highest BCUT2D eigenvalue weighted by molar-refractivity contribution is 6.29. The van der Waals surface area contributed by atoms with Crippen LogP contribution in [0.25, 0.3) is 0 Å². The van der Waals surface area contributed by atoms with Crippen molar-refractivity contribution < 1.29 is 9.90 Å². The second-order valence-electron chi connectivity index (χ2n) is 4.49. The van der Waals surface area contributed by atoms with Crippen LogP contribution in [0.4, 0.5) is 4.79 Å². The molecule has 0 bridgehead atoms. The highest BCUT2D eigenvalue weighted by atomic mass is 35.5. The van der Waals surface area contributed by atoms with Crippen LogP contribution >= 0.6 is 11.6 Å². The number of amides is 1. The van der Waals surface area contributed by atoms with Gasteiger partial charge in [0.15, 0.2) is 0 Å². The number of rotatable bonds is 3. The molecule has 18 heavy (non-hydrogen) atoms. The Hall–Kier alpha value is -1.33. The minimum atomic E-state index is -0.935. The molecule has 2 rings (SSSR count). The van der Waals surface area contributed by atoms with Gasteiger partial charge in [-0.1, -0.05) is 17.7 Å². The van der Waals surface area contributed by atoms with E-state index in [0.717, 1.165) is 38.0 Å². The highest BCUT2D eigenvalue weighted by Gasteiger charge is 2.20. The Labute approximate surface area is 111 Å². The Morgan fingerprint density at radius 1 is 1.50 bits per heavy atom. The molecule has 0 saturated carbocycles. The number of nitrogens with zero attached hydrogens (tertiary/aromatic N) is 2. The molecule has 1 aliphatic rings. The van der Waals surface area contributed by atoms with Gasteiger partial charge in [-0.05, 0) is 24.5 Å². The lowest BCUT2D eigenvalue weighted by molar-refractivity contribution is 0.165. The van der Waals surface area contributed by atoms with Crippen molar-refractivity contribution in [2.45, 2.75) is 25.4 Å². The van der Waals surface area contributed by atoms with E-state index in [1.165, 1.54) is 0 Å². The van der Waals surface area contributed by atoms with E-state index in [1.807, 2.05) is 6.07 Å². The maximum absolute atomic E-state index is 10.5. The zero-order valence-electron chi connectivity index (χ0n) is 9.97. The predicted octanol–water partition coefficient (Wildman–Crippen LogP) is 1.97. The number of pyridine rings is 1. The predicted molar refractivity (Wildman–Crippen MR) is 68.7 cm³/mol. The number of nitrogens with one attached hydrogen (secondary N) is 1. The third kappa shape index (κ3) is 3.85. The van der Waals surface area contributed by atoms with Gasteiger partial charge < -0.3 is 10.4 Å². The quantitative estimate of drug-likeness (QED) is 0.824. The summed E-state index contributed by atoms with van der Waals surface area (Å²) in [7, 11) is 0. The molecule has 5 nitrogen and oxygen atoms in total. The van der Waals surface area contributed by atoms with Crippen molar-refractivity contribution in [3.63, 3.8) is 0 Å². The van der Waals surface area contributed by atoms with Gasteiger partial charge in [0.05, 0.1) is 0 Å². The maximum atomic E-state index is 10.5. The molecule has 1 aliphatic heterocycles. The number of hydrogen-bond donors (Lipinski definition) is 2. The first-order chi connectivity index (χ1) is 8.63. The van der Waals surface area contributed by atoms with Gasteiger partial charge in [-0.3, -0.25) is 4.90 Å². The molecule has 0 unspecified atom stereocenters. The minimum absolute atomic E-state index is 0.0853. The maximum Gasteiger partial charge on any atom is 0.404 e. The molecule has 0 aromatic carbocycles. The summed E-state index contributed by atoms with van der Waals surface area (Å²) in [6.07, 6.45) is 2.56. The molecule has 2 heterocycles. The van der Waals surface area contributed by atoms with Crippen molar-refractivity contribution in [2.24, 2.45) is 0 Å². The summed E-state index contributed by atoms with van der Waals surface area (Å²) in [5.74, 6) is 0. The molecule has 2 N–H and O–H groups in total. The van der Waals surface area contributed by atoms with Crippen molar-refractivity contribution in [1.29, 1.82) is 0 Å². The average Bonchev–Trinajstić information content (AvgIpc) is 2.34. The topological polar surface area (TPSA) is 65.5 Å². The summed E-state index contributed by atoms with van der Waals surface area (Å²) >= 11 is 5.73. The van der Waals surface area contributed by atoms with E-state index in [0.29, 0.717) is 5.15 Å². The smallest absolute Gasteiger partial charge is 0.404 e. The monoisotopic (exact) mass is 269 g/mol. The summed E-state index contributed by atoms with van der Waals surface area (Å²) in [6, 6.07) is 3.84. The number of carboxylic acid groups (broad SMARTS) is 1. The van der Waals surface area contributed by atoms with Gasteiger partial charge in [0.1, 0.15) is 5.15 Å². The summed E-state index contributed by atoms with van der Waals surface area (Å²) < 4.78 is 0. The third-order valence-electron chi connectivity index (χ3n) is 3.11. The van der Waals surface area contributed by atoms with Crippen LogP contribution in [0.15, 0.2) is 18.3 Å². The highest BCUT2D eigenvalue weighted by Crippen LogP contribution is 2.14. The van der Waals surface area contributed by atoms with Crippen LogP contribution in [-0.2, 0) is 6.54 Å². The van der Waals surface area contributed by atoms with E-state index >= 15 is 0 Å². The largest absolute Gasteiger partial charge is 0.465 e. The number of halogens is 1. The molecule has 98 valence electrons. The van der Waals surface area contributed by atoms with Crippen LogP contribution in [0.5, 0.6) is 0 Å². The first kappa shape index (κ1) is 13.1. The van der Waals surface area contributed by atoms with E-state index in [-0.39, 0.29) is 6.04 Å².